The molecule has 1 fully saturated rings. The van der Waals surface area contributed by atoms with E-state index in [4.69, 9.17) is 4.74 Å². The molecular formula is C11H9BrO2. The van der Waals surface area contributed by atoms with E-state index in [1.54, 1.807) is 0 Å². The van der Waals surface area contributed by atoms with E-state index in [2.05, 4.69) is 15.9 Å². The molecular weight excluding hydrogens is 244 g/mol. The Bertz CT molecular complexity index is 421. The highest BCUT2D eigenvalue weighted by molar-refractivity contribution is 9.10. The topological polar surface area (TPSA) is 26.3 Å². The third kappa shape index (κ3) is 1.19. The zero-order valence-electron chi connectivity index (χ0n) is 7.55. The summed E-state index contributed by atoms with van der Waals surface area (Å²) in [4.78, 5) is 11.8. The Kier molecular flexibility index (Phi) is 1.57. The van der Waals surface area contributed by atoms with Crippen LogP contribution in [0.25, 0.3) is 0 Å². The van der Waals surface area contributed by atoms with Crippen molar-refractivity contribution in [2.45, 2.75) is 24.9 Å². The molecule has 1 aliphatic carbocycles. The van der Waals surface area contributed by atoms with Gasteiger partial charge in [0.2, 0.25) is 0 Å². The van der Waals surface area contributed by atoms with Crippen molar-refractivity contribution in [3.05, 3.63) is 28.2 Å². The Balaban J connectivity index is 2.11. The van der Waals surface area contributed by atoms with Gasteiger partial charge in [0.25, 0.3) is 0 Å². The summed E-state index contributed by atoms with van der Waals surface area (Å²) in [7, 11) is 0. The van der Waals surface area contributed by atoms with Gasteiger partial charge in [0.05, 0.1) is 12.0 Å². The van der Waals surface area contributed by atoms with Crippen LogP contribution < -0.4 is 4.74 Å². The first-order chi connectivity index (χ1) is 6.69. The minimum absolute atomic E-state index is 0.134. The van der Waals surface area contributed by atoms with Gasteiger partial charge in [0.1, 0.15) is 11.4 Å². The Morgan fingerprint density at radius 2 is 2.14 bits per heavy atom. The van der Waals surface area contributed by atoms with E-state index in [9.17, 15) is 4.79 Å². The van der Waals surface area contributed by atoms with Gasteiger partial charge in [-0.25, -0.2) is 0 Å². The predicted octanol–water partition coefficient (Wildman–Crippen LogP) is 2.95. The van der Waals surface area contributed by atoms with Crippen molar-refractivity contribution in [1.29, 1.82) is 0 Å². The molecule has 14 heavy (non-hydrogen) atoms. The van der Waals surface area contributed by atoms with Crippen LogP contribution >= 0.6 is 15.9 Å². The summed E-state index contributed by atoms with van der Waals surface area (Å²) in [5.74, 6) is 0.962. The van der Waals surface area contributed by atoms with E-state index in [1.807, 2.05) is 18.2 Å². The SMILES string of the molecule is O=C1CC2(CC2)Oc2cc(Br)ccc21. The highest BCUT2D eigenvalue weighted by atomic mass is 79.9. The van der Waals surface area contributed by atoms with Gasteiger partial charge in [0, 0.05) is 4.47 Å². The standard InChI is InChI=1S/C11H9BrO2/c12-7-1-2-8-9(13)6-11(3-4-11)14-10(8)5-7/h1-2,5H,3-4,6H2. The second-order valence-corrected chi connectivity index (χ2v) is 4.94. The molecule has 0 N–H and O–H groups in total. The lowest BCUT2D eigenvalue weighted by Gasteiger charge is -2.24. The first kappa shape index (κ1) is 8.48. The Morgan fingerprint density at radius 3 is 2.86 bits per heavy atom. The van der Waals surface area contributed by atoms with E-state index >= 15 is 0 Å². The first-order valence-corrected chi connectivity index (χ1v) is 5.50. The number of Topliss-reactive ketones (excluding diaryl/α,β-unsaturated/α-hetero) is 1. The smallest absolute Gasteiger partial charge is 0.170 e. The fraction of sp³-hybridized carbons (Fsp3) is 0.364. The van der Waals surface area contributed by atoms with Crippen LogP contribution in [0.1, 0.15) is 29.6 Å². The summed E-state index contributed by atoms with van der Waals surface area (Å²) in [5.41, 5.74) is 0.593. The summed E-state index contributed by atoms with van der Waals surface area (Å²) in [6.07, 6.45) is 2.59. The van der Waals surface area contributed by atoms with E-state index in [1.165, 1.54) is 0 Å². The van der Waals surface area contributed by atoms with Crippen LogP contribution in [0.2, 0.25) is 0 Å². The molecule has 1 saturated carbocycles. The average Bonchev–Trinajstić information content (AvgIpc) is 2.83. The van der Waals surface area contributed by atoms with Crippen LogP contribution in [-0.2, 0) is 0 Å². The summed E-state index contributed by atoms with van der Waals surface area (Å²) in [5, 5.41) is 0. The average molecular weight is 253 g/mol. The highest BCUT2D eigenvalue weighted by Crippen LogP contribution is 2.48. The van der Waals surface area contributed by atoms with Crippen molar-refractivity contribution in [2.24, 2.45) is 0 Å². The number of hydrogen-bond acceptors (Lipinski definition) is 2. The van der Waals surface area contributed by atoms with E-state index in [0.29, 0.717) is 6.42 Å². The van der Waals surface area contributed by atoms with Gasteiger partial charge in [-0.15, -0.1) is 0 Å². The molecule has 1 spiro atoms. The van der Waals surface area contributed by atoms with Gasteiger partial charge in [0.15, 0.2) is 5.78 Å². The maximum absolute atomic E-state index is 11.8. The normalized spacial score (nSPS) is 21.6. The molecule has 0 amide bonds. The van der Waals surface area contributed by atoms with Crippen LogP contribution in [0, 0.1) is 0 Å². The van der Waals surface area contributed by atoms with Crippen molar-refractivity contribution < 1.29 is 9.53 Å². The quantitative estimate of drug-likeness (QED) is 0.710. The molecule has 72 valence electrons. The molecule has 1 aromatic carbocycles. The zero-order chi connectivity index (χ0) is 9.76. The van der Waals surface area contributed by atoms with Gasteiger partial charge in [-0.05, 0) is 31.0 Å². The van der Waals surface area contributed by atoms with Gasteiger partial charge in [-0.1, -0.05) is 15.9 Å². The minimum Gasteiger partial charge on any atom is -0.486 e. The fourth-order valence-electron chi connectivity index (χ4n) is 1.89. The fourth-order valence-corrected chi connectivity index (χ4v) is 2.23. The lowest BCUT2D eigenvalue weighted by atomic mass is 10.00. The predicted molar refractivity (Wildman–Crippen MR) is 55.7 cm³/mol. The van der Waals surface area contributed by atoms with Crippen LogP contribution in [0.5, 0.6) is 5.75 Å². The Hall–Kier alpha value is -0.830. The molecule has 0 bridgehead atoms. The van der Waals surface area contributed by atoms with Crippen molar-refractivity contribution in [3.63, 3.8) is 0 Å². The van der Waals surface area contributed by atoms with Crippen molar-refractivity contribution in [2.75, 3.05) is 0 Å². The molecule has 0 saturated heterocycles. The molecule has 0 radical (unpaired) electrons. The van der Waals surface area contributed by atoms with Crippen LogP contribution in [0.15, 0.2) is 22.7 Å². The molecule has 0 atom stereocenters. The number of rotatable bonds is 0. The summed E-state index contributed by atoms with van der Waals surface area (Å²) < 4.78 is 6.79. The second-order valence-electron chi connectivity index (χ2n) is 4.03. The molecule has 1 aliphatic heterocycles. The lowest BCUT2D eigenvalue weighted by molar-refractivity contribution is 0.0812. The van der Waals surface area contributed by atoms with Gasteiger partial charge in [-0.3, -0.25) is 4.79 Å². The molecule has 1 aromatic rings. The third-order valence-electron chi connectivity index (χ3n) is 2.86. The molecule has 3 rings (SSSR count). The van der Waals surface area contributed by atoms with E-state index in [0.717, 1.165) is 28.6 Å². The summed E-state index contributed by atoms with van der Waals surface area (Å²) in [6, 6.07) is 5.59. The van der Waals surface area contributed by atoms with Gasteiger partial charge < -0.3 is 4.74 Å². The van der Waals surface area contributed by atoms with Crippen LogP contribution in [0.4, 0.5) is 0 Å². The molecule has 2 aliphatic rings. The van der Waals surface area contributed by atoms with E-state index in [-0.39, 0.29) is 11.4 Å². The number of benzene rings is 1. The van der Waals surface area contributed by atoms with Gasteiger partial charge >= 0.3 is 0 Å². The van der Waals surface area contributed by atoms with Crippen molar-refractivity contribution >= 4 is 21.7 Å². The largest absolute Gasteiger partial charge is 0.486 e. The van der Waals surface area contributed by atoms with E-state index < -0.39 is 0 Å². The van der Waals surface area contributed by atoms with Crippen molar-refractivity contribution in [3.8, 4) is 5.75 Å². The number of halogens is 1. The monoisotopic (exact) mass is 252 g/mol. The number of carbonyl (C=O) groups excluding carboxylic acids is 1. The van der Waals surface area contributed by atoms with Crippen LogP contribution in [0.3, 0.4) is 0 Å². The van der Waals surface area contributed by atoms with Gasteiger partial charge in [-0.2, -0.15) is 0 Å². The molecule has 3 heteroatoms. The molecule has 0 unspecified atom stereocenters. The third-order valence-corrected chi connectivity index (χ3v) is 3.35. The number of ketones is 1. The minimum atomic E-state index is -0.134. The second kappa shape index (κ2) is 2.60. The maximum atomic E-state index is 11.8. The van der Waals surface area contributed by atoms with Crippen LogP contribution in [-0.4, -0.2) is 11.4 Å². The Labute approximate surface area is 90.4 Å². The Morgan fingerprint density at radius 1 is 1.36 bits per heavy atom. The molecule has 2 nitrogen and oxygen atoms in total. The first-order valence-electron chi connectivity index (χ1n) is 4.70. The number of hydrogen-bond donors (Lipinski definition) is 0. The summed E-state index contributed by atoms with van der Waals surface area (Å²) >= 11 is 3.38. The molecule has 1 heterocycles. The maximum Gasteiger partial charge on any atom is 0.170 e. The number of carbonyl (C=O) groups is 1. The zero-order valence-corrected chi connectivity index (χ0v) is 9.13. The number of ether oxygens (including phenoxy) is 1. The highest BCUT2D eigenvalue weighted by Gasteiger charge is 2.50. The molecule has 0 aromatic heterocycles. The summed E-state index contributed by atoms with van der Waals surface area (Å²) in [6.45, 7) is 0. The number of fused-ring (bicyclic) bond motifs is 1. The lowest BCUT2D eigenvalue weighted by Crippen LogP contribution is -2.28. The van der Waals surface area contributed by atoms with Crippen molar-refractivity contribution in [1.82, 2.24) is 0 Å².